The quantitative estimate of drug-likeness (QED) is 0.416. The predicted octanol–water partition coefficient (Wildman–Crippen LogP) is 5.39. The lowest BCUT2D eigenvalue weighted by molar-refractivity contribution is -0.0974. The van der Waals surface area contributed by atoms with Gasteiger partial charge in [-0.3, -0.25) is 0 Å². The van der Waals surface area contributed by atoms with E-state index in [2.05, 4.69) is 53.7 Å². The van der Waals surface area contributed by atoms with Gasteiger partial charge >= 0.3 is 0 Å². The van der Waals surface area contributed by atoms with E-state index in [0.717, 1.165) is 32.1 Å². The molecule has 0 bridgehead atoms. The molecule has 4 nitrogen and oxygen atoms in total. The maximum Gasteiger partial charge on any atom is 0.111 e. The Balaban J connectivity index is 1.59. The molecular formula is C30H50O4. The largest absolute Gasteiger partial charge is 0.393 e. The second-order valence-electron chi connectivity index (χ2n) is 14.0. The minimum atomic E-state index is -1.43. The van der Waals surface area contributed by atoms with E-state index in [1.54, 1.807) is 11.1 Å². The van der Waals surface area contributed by atoms with E-state index >= 15 is 0 Å². The first kappa shape index (κ1) is 26.4. The molecule has 0 radical (unpaired) electrons. The van der Waals surface area contributed by atoms with Crippen LogP contribution < -0.4 is 0 Å². The van der Waals surface area contributed by atoms with Gasteiger partial charge in [-0.25, -0.2) is 0 Å². The van der Waals surface area contributed by atoms with Gasteiger partial charge in [-0.1, -0.05) is 53.7 Å². The monoisotopic (exact) mass is 474 g/mol. The number of allylic oxidation sites excluding steroid dienone is 4. The van der Waals surface area contributed by atoms with Crippen LogP contribution in [0.1, 0.15) is 99.8 Å². The van der Waals surface area contributed by atoms with E-state index in [0.29, 0.717) is 24.2 Å². The van der Waals surface area contributed by atoms with Gasteiger partial charge in [-0.05, 0) is 109 Å². The maximum absolute atomic E-state index is 10.8. The fraction of sp³-hybridized carbons (Fsp3) is 0.867. The van der Waals surface area contributed by atoms with Crippen molar-refractivity contribution in [3.63, 3.8) is 0 Å². The molecule has 0 aromatic carbocycles. The lowest BCUT2D eigenvalue weighted by Gasteiger charge is -2.61. The number of hydrogen-bond acceptors (Lipinski definition) is 4. The Bertz CT molecular complexity index is 856. The second kappa shape index (κ2) is 8.43. The summed E-state index contributed by atoms with van der Waals surface area (Å²) >= 11 is 0. The summed E-state index contributed by atoms with van der Waals surface area (Å²) in [4.78, 5) is 0. The van der Waals surface area contributed by atoms with E-state index < -0.39 is 18.3 Å². The van der Waals surface area contributed by atoms with Crippen LogP contribution in [0.25, 0.3) is 0 Å². The molecule has 0 aliphatic heterocycles. The molecule has 0 amide bonds. The lowest BCUT2D eigenvalue weighted by atomic mass is 9.44. The summed E-state index contributed by atoms with van der Waals surface area (Å²) in [7, 11) is 0. The predicted molar refractivity (Wildman–Crippen MR) is 137 cm³/mol. The van der Waals surface area contributed by atoms with Gasteiger partial charge in [0.05, 0.1) is 18.8 Å². The molecule has 194 valence electrons. The van der Waals surface area contributed by atoms with Crippen molar-refractivity contribution in [2.24, 2.45) is 39.4 Å². The Labute approximate surface area is 207 Å². The van der Waals surface area contributed by atoms with E-state index in [1.165, 1.54) is 19.8 Å². The van der Waals surface area contributed by atoms with Gasteiger partial charge in [0.1, 0.15) is 5.60 Å². The first-order valence-corrected chi connectivity index (χ1v) is 13.8. The summed E-state index contributed by atoms with van der Waals surface area (Å²) in [6.07, 6.45) is 11.9. The number of rotatable bonds is 6. The molecule has 0 unspecified atom stereocenters. The summed E-state index contributed by atoms with van der Waals surface area (Å²) in [5.74, 6) is 1.49. The van der Waals surface area contributed by atoms with E-state index in [4.69, 9.17) is 0 Å². The second-order valence-corrected chi connectivity index (χ2v) is 14.0. The van der Waals surface area contributed by atoms with Crippen molar-refractivity contribution >= 4 is 0 Å². The molecule has 2 saturated carbocycles. The number of hydrogen-bond donors (Lipinski definition) is 4. The molecule has 2 fully saturated rings. The normalized spacial score (nSPS) is 44.6. The Morgan fingerprint density at radius 1 is 1.03 bits per heavy atom. The van der Waals surface area contributed by atoms with Gasteiger partial charge < -0.3 is 20.4 Å². The molecule has 0 saturated heterocycles. The third kappa shape index (κ3) is 3.61. The molecule has 0 aromatic heterocycles. The van der Waals surface area contributed by atoms with E-state index in [-0.39, 0.29) is 27.8 Å². The highest BCUT2D eigenvalue weighted by atomic mass is 16.4. The molecule has 4 aliphatic rings. The molecule has 4 aliphatic carbocycles. The minimum absolute atomic E-state index is 0.0686. The average molecular weight is 475 g/mol. The van der Waals surface area contributed by atoms with Crippen LogP contribution in [0.3, 0.4) is 0 Å². The van der Waals surface area contributed by atoms with Crippen molar-refractivity contribution in [1.29, 1.82) is 0 Å². The Hall–Kier alpha value is -0.680. The molecule has 4 rings (SSSR count). The zero-order valence-corrected chi connectivity index (χ0v) is 22.7. The number of aliphatic hydroxyl groups is 4. The molecule has 0 aromatic rings. The minimum Gasteiger partial charge on any atom is -0.393 e. The first-order chi connectivity index (χ1) is 15.6. The molecular weight excluding hydrogens is 424 g/mol. The van der Waals surface area contributed by atoms with Crippen molar-refractivity contribution in [3.05, 3.63) is 23.3 Å². The zero-order chi connectivity index (χ0) is 25.3. The van der Waals surface area contributed by atoms with Crippen molar-refractivity contribution in [2.75, 3.05) is 6.61 Å². The van der Waals surface area contributed by atoms with Gasteiger partial charge in [0.15, 0.2) is 0 Å². The molecule has 4 heteroatoms. The zero-order valence-electron chi connectivity index (χ0n) is 22.7. The van der Waals surface area contributed by atoms with Gasteiger partial charge in [-0.15, -0.1) is 0 Å². The van der Waals surface area contributed by atoms with Crippen LogP contribution in [-0.2, 0) is 0 Å². The van der Waals surface area contributed by atoms with Crippen LogP contribution in [0, 0.1) is 39.4 Å². The van der Waals surface area contributed by atoms with Crippen LogP contribution >= 0.6 is 0 Å². The fourth-order valence-electron chi connectivity index (χ4n) is 8.98. The fourth-order valence-corrected chi connectivity index (χ4v) is 8.98. The Morgan fingerprint density at radius 3 is 2.35 bits per heavy atom. The van der Waals surface area contributed by atoms with Crippen LogP contribution in [0.4, 0.5) is 0 Å². The topological polar surface area (TPSA) is 80.9 Å². The van der Waals surface area contributed by atoms with Gasteiger partial charge in [0.2, 0.25) is 0 Å². The summed E-state index contributed by atoms with van der Waals surface area (Å²) in [5.41, 5.74) is 2.13. The van der Waals surface area contributed by atoms with Gasteiger partial charge in [0.25, 0.3) is 0 Å². The van der Waals surface area contributed by atoms with Gasteiger partial charge in [0, 0.05) is 0 Å². The van der Waals surface area contributed by atoms with Crippen molar-refractivity contribution in [3.8, 4) is 0 Å². The lowest BCUT2D eigenvalue weighted by Crippen LogP contribution is -2.54. The van der Waals surface area contributed by atoms with Gasteiger partial charge in [-0.2, -0.15) is 0 Å². The van der Waals surface area contributed by atoms with E-state index in [1.807, 2.05) is 0 Å². The van der Waals surface area contributed by atoms with Crippen molar-refractivity contribution < 1.29 is 20.4 Å². The summed E-state index contributed by atoms with van der Waals surface area (Å²) in [5, 5.41) is 40.8. The number of aliphatic hydroxyl groups excluding tert-OH is 3. The third-order valence-electron chi connectivity index (χ3n) is 11.9. The highest BCUT2D eigenvalue weighted by molar-refractivity contribution is 5.49. The highest BCUT2D eigenvalue weighted by Crippen LogP contribution is 2.71. The van der Waals surface area contributed by atoms with Crippen molar-refractivity contribution in [1.82, 2.24) is 0 Å². The average Bonchev–Trinajstić information content (AvgIpc) is 3.06. The SMILES string of the molecule is C[C@H](CC[C@@H](O)[C@](C)(O)CO)[C@@H]1CC[C@]2(C)C3=CC[C@H]4C(C)(C)[C@@H](O)CC[C@]4(C)C3=CC[C@]12C. The third-order valence-corrected chi connectivity index (χ3v) is 11.9. The maximum atomic E-state index is 10.8. The van der Waals surface area contributed by atoms with Crippen molar-refractivity contribution in [2.45, 2.75) is 118 Å². The summed E-state index contributed by atoms with van der Waals surface area (Å²) < 4.78 is 0. The number of fused-ring (bicyclic) bond motifs is 5. The first-order valence-electron chi connectivity index (χ1n) is 13.8. The summed E-state index contributed by atoms with van der Waals surface area (Å²) in [6, 6.07) is 0. The van der Waals surface area contributed by atoms with E-state index in [9.17, 15) is 20.4 Å². The highest BCUT2D eigenvalue weighted by Gasteiger charge is 2.63. The van der Waals surface area contributed by atoms with Crippen LogP contribution in [0.5, 0.6) is 0 Å². The molecule has 0 spiro atoms. The molecule has 0 heterocycles. The smallest absolute Gasteiger partial charge is 0.111 e. The molecule has 34 heavy (non-hydrogen) atoms. The Kier molecular flexibility index (Phi) is 6.54. The molecule has 9 atom stereocenters. The van der Waals surface area contributed by atoms with Crippen LogP contribution in [0.15, 0.2) is 23.3 Å². The Morgan fingerprint density at radius 2 is 1.71 bits per heavy atom. The standard InChI is InChI=1S/C30H50O4/c1-19(8-11-25(33)30(7,34)18-31)20-12-16-29(6)22-9-10-23-26(2,3)24(32)14-15-27(23,4)21(22)13-17-28(20,29)5/h9,13,19-20,23-25,31-34H,8,10-12,14-18H2,1-7H3/t19-,20+,23+,24+,25-,27-,28-,29-,30-/m1/s1. The van der Waals surface area contributed by atoms with Crippen LogP contribution in [-0.4, -0.2) is 44.8 Å². The molecule has 4 N–H and O–H groups in total. The summed E-state index contributed by atoms with van der Waals surface area (Å²) in [6.45, 7) is 15.4. The van der Waals surface area contributed by atoms with Crippen LogP contribution in [0.2, 0.25) is 0 Å².